The van der Waals surface area contributed by atoms with Gasteiger partial charge in [0, 0.05) is 37.4 Å². The van der Waals surface area contributed by atoms with Crippen LogP contribution in [0.1, 0.15) is 31.4 Å². The topological polar surface area (TPSA) is 47.1 Å². The van der Waals surface area contributed by atoms with E-state index in [0.29, 0.717) is 6.04 Å². The minimum Gasteiger partial charge on any atom is -0.329 e. The van der Waals surface area contributed by atoms with E-state index in [1.165, 1.54) is 24.9 Å². The maximum absolute atomic E-state index is 5.62. The number of aryl methyl sites for hydroxylation is 1. The van der Waals surface area contributed by atoms with Crippen LogP contribution in [0.2, 0.25) is 0 Å². The molecule has 1 aliphatic rings. The van der Waals surface area contributed by atoms with Gasteiger partial charge in [-0.2, -0.15) is 5.10 Å². The third-order valence-electron chi connectivity index (χ3n) is 3.14. The molecule has 1 atom stereocenters. The summed E-state index contributed by atoms with van der Waals surface area (Å²) in [5.74, 6) is 0. The van der Waals surface area contributed by atoms with E-state index >= 15 is 0 Å². The van der Waals surface area contributed by atoms with Crippen LogP contribution >= 0.6 is 0 Å². The lowest BCUT2D eigenvalue weighted by molar-refractivity contribution is 0.264. The van der Waals surface area contributed by atoms with Crippen LogP contribution < -0.4 is 5.73 Å². The zero-order valence-corrected chi connectivity index (χ0v) is 9.39. The molecule has 0 unspecified atom stereocenters. The minimum atomic E-state index is 0.550. The number of aromatic nitrogens is 2. The highest BCUT2D eigenvalue weighted by atomic mass is 15.3. The predicted molar refractivity (Wildman–Crippen MR) is 60.5 cm³/mol. The first-order valence-electron chi connectivity index (χ1n) is 5.81. The van der Waals surface area contributed by atoms with Crippen LogP contribution in [-0.4, -0.2) is 34.3 Å². The third kappa shape index (κ3) is 2.21. The molecule has 1 saturated heterocycles. The Morgan fingerprint density at radius 3 is 3.13 bits per heavy atom. The summed E-state index contributed by atoms with van der Waals surface area (Å²) in [6.45, 7) is 5.99. The van der Waals surface area contributed by atoms with E-state index in [1.54, 1.807) is 0 Å². The first-order valence-corrected chi connectivity index (χ1v) is 5.81. The van der Waals surface area contributed by atoms with Gasteiger partial charge in [0.15, 0.2) is 0 Å². The minimum absolute atomic E-state index is 0.550. The Morgan fingerprint density at radius 1 is 1.60 bits per heavy atom. The highest BCUT2D eigenvalue weighted by Crippen LogP contribution is 2.30. The maximum atomic E-state index is 5.62. The summed E-state index contributed by atoms with van der Waals surface area (Å²) >= 11 is 0. The Morgan fingerprint density at radius 2 is 2.47 bits per heavy atom. The second-order valence-electron chi connectivity index (χ2n) is 4.11. The zero-order chi connectivity index (χ0) is 10.7. The Bertz CT molecular complexity index is 307. The van der Waals surface area contributed by atoms with Crippen LogP contribution in [0, 0.1) is 0 Å². The molecule has 2 N–H and O–H groups in total. The summed E-state index contributed by atoms with van der Waals surface area (Å²) in [5.41, 5.74) is 6.97. The number of nitrogens with zero attached hydrogens (tertiary/aromatic N) is 3. The molecule has 0 aromatic carbocycles. The van der Waals surface area contributed by atoms with Gasteiger partial charge in [-0.1, -0.05) is 0 Å². The van der Waals surface area contributed by atoms with Gasteiger partial charge in [-0.25, -0.2) is 0 Å². The van der Waals surface area contributed by atoms with Crippen molar-refractivity contribution in [2.24, 2.45) is 5.73 Å². The Kier molecular flexibility index (Phi) is 3.38. The molecular formula is C11H20N4. The molecule has 0 spiro atoms. The fraction of sp³-hybridized carbons (Fsp3) is 0.727. The van der Waals surface area contributed by atoms with Crippen molar-refractivity contribution in [3.05, 3.63) is 18.0 Å². The average Bonchev–Trinajstić information content (AvgIpc) is 2.85. The lowest BCUT2D eigenvalue weighted by Crippen LogP contribution is -2.28. The largest absolute Gasteiger partial charge is 0.329 e. The van der Waals surface area contributed by atoms with Gasteiger partial charge in [0.25, 0.3) is 0 Å². The first-order chi connectivity index (χ1) is 7.35. The molecule has 1 aliphatic heterocycles. The van der Waals surface area contributed by atoms with Crippen LogP contribution in [0.3, 0.4) is 0 Å². The van der Waals surface area contributed by atoms with E-state index < -0.39 is 0 Å². The monoisotopic (exact) mass is 208 g/mol. The number of nitrogens with two attached hydrogens (primary N) is 1. The van der Waals surface area contributed by atoms with Gasteiger partial charge < -0.3 is 5.73 Å². The van der Waals surface area contributed by atoms with Crippen molar-refractivity contribution in [1.82, 2.24) is 14.7 Å². The molecule has 2 heterocycles. The summed E-state index contributed by atoms with van der Waals surface area (Å²) in [6.07, 6.45) is 6.69. The molecular weight excluding hydrogens is 188 g/mol. The Labute approximate surface area is 91.1 Å². The molecule has 1 aromatic rings. The van der Waals surface area contributed by atoms with Crippen molar-refractivity contribution >= 4 is 0 Å². The van der Waals surface area contributed by atoms with Crippen LogP contribution in [0.15, 0.2) is 12.4 Å². The van der Waals surface area contributed by atoms with Crippen molar-refractivity contribution in [2.45, 2.75) is 32.4 Å². The predicted octanol–water partition coefficient (Wildman–Crippen LogP) is 0.999. The van der Waals surface area contributed by atoms with Crippen molar-refractivity contribution in [1.29, 1.82) is 0 Å². The Hall–Kier alpha value is -0.870. The fourth-order valence-electron chi connectivity index (χ4n) is 2.36. The van der Waals surface area contributed by atoms with Gasteiger partial charge in [-0.15, -0.1) is 0 Å². The normalized spacial score (nSPS) is 22.4. The quantitative estimate of drug-likeness (QED) is 0.803. The van der Waals surface area contributed by atoms with Gasteiger partial charge in [0.1, 0.15) is 0 Å². The number of hydrogen-bond acceptors (Lipinski definition) is 3. The highest BCUT2D eigenvalue weighted by Gasteiger charge is 2.25. The average molecular weight is 208 g/mol. The molecule has 2 rings (SSSR count). The number of hydrogen-bond donors (Lipinski definition) is 1. The molecule has 0 amide bonds. The number of rotatable bonds is 4. The standard InChI is InChI=1S/C11H20N4/c1-2-15-9-10(8-13-15)11-4-3-6-14(11)7-5-12/h8-9,11H,2-7,12H2,1H3/t11-/m0/s1. The summed E-state index contributed by atoms with van der Waals surface area (Å²) in [4.78, 5) is 2.47. The van der Waals surface area contributed by atoms with Gasteiger partial charge in [-0.3, -0.25) is 9.58 Å². The lowest BCUT2D eigenvalue weighted by atomic mass is 10.1. The molecule has 1 aromatic heterocycles. The van der Waals surface area contributed by atoms with E-state index in [-0.39, 0.29) is 0 Å². The molecule has 15 heavy (non-hydrogen) atoms. The van der Waals surface area contributed by atoms with E-state index in [1.807, 2.05) is 10.9 Å². The van der Waals surface area contributed by atoms with E-state index in [9.17, 15) is 0 Å². The molecule has 0 aliphatic carbocycles. The highest BCUT2D eigenvalue weighted by molar-refractivity contribution is 5.12. The first kappa shape index (κ1) is 10.6. The van der Waals surface area contributed by atoms with Crippen LogP contribution in [0.25, 0.3) is 0 Å². The number of likely N-dealkylation sites (tertiary alicyclic amines) is 1. The Balaban J connectivity index is 2.08. The van der Waals surface area contributed by atoms with E-state index in [4.69, 9.17) is 5.73 Å². The van der Waals surface area contributed by atoms with Crippen molar-refractivity contribution < 1.29 is 0 Å². The SMILES string of the molecule is CCn1cc([C@@H]2CCCN2CCN)cn1. The second-order valence-corrected chi connectivity index (χ2v) is 4.11. The van der Waals surface area contributed by atoms with Gasteiger partial charge >= 0.3 is 0 Å². The molecule has 1 fully saturated rings. The molecule has 4 nitrogen and oxygen atoms in total. The van der Waals surface area contributed by atoms with E-state index in [0.717, 1.165) is 19.6 Å². The summed E-state index contributed by atoms with van der Waals surface area (Å²) in [5, 5.41) is 4.33. The summed E-state index contributed by atoms with van der Waals surface area (Å²) in [6, 6.07) is 0.550. The van der Waals surface area contributed by atoms with E-state index in [2.05, 4.69) is 23.1 Å². The van der Waals surface area contributed by atoms with Crippen molar-refractivity contribution in [3.8, 4) is 0 Å². The summed E-state index contributed by atoms with van der Waals surface area (Å²) < 4.78 is 1.99. The van der Waals surface area contributed by atoms with Gasteiger partial charge in [-0.05, 0) is 26.3 Å². The molecule has 84 valence electrons. The second kappa shape index (κ2) is 4.77. The summed E-state index contributed by atoms with van der Waals surface area (Å²) in [7, 11) is 0. The smallest absolute Gasteiger partial charge is 0.0537 e. The van der Waals surface area contributed by atoms with Crippen molar-refractivity contribution in [2.75, 3.05) is 19.6 Å². The third-order valence-corrected chi connectivity index (χ3v) is 3.14. The molecule has 0 bridgehead atoms. The van der Waals surface area contributed by atoms with Crippen LogP contribution in [0.5, 0.6) is 0 Å². The maximum Gasteiger partial charge on any atom is 0.0537 e. The molecule has 0 radical (unpaired) electrons. The fourth-order valence-corrected chi connectivity index (χ4v) is 2.36. The van der Waals surface area contributed by atoms with Crippen LogP contribution in [-0.2, 0) is 6.54 Å². The van der Waals surface area contributed by atoms with Crippen LogP contribution in [0.4, 0.5) is 0 Å². The van der Waals surface area contributed by atoms with Gasteiger partial charge in [0.2, 0.25) is 0 Å². The zero-order valence-electron chi connectivity index (χ0n) is 9.39. The molecule has 4 heteroatoms. The molecule has 0 saturated carbocycles. The lowest BCUT2D eigenvalue weighted by Gasteiger charge is -2.22. The van der Waals surface area contributed by atoms with Gasteiger partial charge in [0.05, 0.1) is 6.20 Å². The van der Waals surface area contributed by atoms with Crippen molar-refractivity contribution in [3.63, 3.8) is 0 Å².